The quantitative estimate of drug-likeness (QED) is 0.431. The highest BCUT2D eigenvalue weighted by Gasteiger charge is 2.70. The molecular weight excluding hydrogens is 402 g/mol. The van der Waals surface area contributed by atoms with Crippen molar-refractivity contribution < 1.29 is 20.1 Å². The van der Waals surface area contributed by atoms with Crippen molar-refractivity contribution in [2.24, 2.45) is 46.3 Å². The van der Waals surface area contributed by atoms with E-state index in [0.29, 0.717) is 30.1 Å². The number of nitrogens with one attached hydrogen (secondary N) is 1. The molecule has 6 aliphatic rings. The Hall–Kier alpha value is -0.460. The van der Waals surface area contributed by atoms with Gasteiger partial charge in [0.25, 0.3) is 0 Å². The number of piperidine rings is 1. The van der Waals surface area contributed by atoms with Gasteiger partial charge in [-0.05, 0) is 85.4 Å². The molecule has 0 aromatic carbocycles. The molecule has 2 saturated heterocycles. The standard InChI is InChI=1S/C27H43NO4/c1-14-5-8-27(28-13-14)15(2)23-21(32-27)11-18-22-19(30)10-16-9-17(29)6-7-25(16,3)24(22)20(31)12-26(18,23)4/h10,14-15,17-24,28-31H,5-9,11-13H2,1-4H3/t14?,15-,17?,18-,19?,20?,21-,22+,23-,24-,25-,26-,27?/m0/s1. The number of ether oxygens (including phenoxy) is 1. The molecule has 2 heterocycles. The Morgan fingerprint density at radius 3 is 2.56 bits per heavy atom. The normalized spacial score (nSPS) is 61.5. The first kappa shape index (κ1) is 22.0. The zero-order chi connectivity index (χ0) is 22.6. The summed E-state index contributed by atoms with van der Waals surface area (Å²) in [5.74, 6) is 2.04. The summed E-state index contributed by atoms with van der Waals surface area (Å²) in [6, 6.07) is 0. The van der Waals surface area contributed by atoms with Crippen LogP contribution < -0.4 is 5.32 Å². The molecule has 0 aromatic heterocycles. The lowest BCUT2D eigenvalue weighted by Gasteiger charge is -2.61. The van der Waals surface area contributed by atoms with E-state index in [1.54, 1.807) is 0 Å². The van der Waals surface area contributed by atoms with E-state index in [-0.39, 0.29) is 40.6 Å². The second-order valence-electron chi connectivity index (χ2n) is 13.1. The third-order valence-corrected chi connectivity index (χ3v) is 11.5. The van der Waals surface area contributed by atoms with Gasteiger partial charge in [-0.25, -0.2) is 0 Å². The fraction of sp³-hybridized carbons (Fsp3) is 0.926. The molecule has 0 aromatic rings. The van der Waals surface area contributed by atoms with Crippen LogP contribution in [0.2, 0.25) is 0 Å². The van der Waals surface area contributed by atoms with E-state index in [4.69, 9.17) is 4.74 Å². The lowest BCUT2D eigenvalue weighted by molar-refractivity contribution is -0.162. The van der Waals surface area contributed by atoms with Gasteiger partial charge in [0.1, 0.15) is 5.72 Å². The van der Waals surface area contributed by atoms with Crippen LogP contribution in [0.3, 0.4) is 0 Å². The molecule has 4 N–H and O–H groups in total. The van der Waals surface area contributed by atoms with Gasteiger partial charge in [0.2, 0.25) is 0 Å². The van der Waals surface area contributed by atoms with Crippen LogP contribution in [-0.4, -0.2) is 52.0 Å². The Bertz CT molecular complexity index is 805. The van der Waals surface area contributed by atoms with Crippen LogP contribution in [0.4, 0.5) is 0 Å². The number of fused-ring (bicyclic) bond motifs is 7. The van der Waals surface area contributed by atoms with Crippen molar-refractivity contribution in [2.75, 3.05) is 6.54 Å². The minimum atomic E-state index is -0.538. The van der Waals surface area contributed by atoms with Crippen LogP contribution in [0.5, 0.6) is 0 Å². The SMILES string of the molecule is CC1CCC2(NC1)O[C@H]1C[C@H]3[C@@H]4C(O)C=C5CC(O)CC[C@]5(C)[C@H]4C(O)C[C@]3(C)[C@H]1[C@@H]2C. The molecule has 6 rings (SSSR count). The van der Waals surface area contributed by atoms with Crippen molar-refractivity contribution in [2.45, 2.75) is 103 Å². The third kappa shape index (κ3) is 2.75. The van der Waals surface area contributed by atoms with Gasteiger partial charge in [-0.3, -0.25) is 5.32 Å². The fourth-order valence-corrected chi connectivity index (χ4v) is 9.95. The first-order valence-corrected chi connectivity index (χ1v) is 13.3. The fourth-order valence-electron chi connectivity index (χ4n) is 9.95. The number of aliphatic hydroxyl groups excluding tert-OH is 3. The van der Waals surface area contributed by atoms with E-state index in [0.717, 1.165) is 38.6 Å². The highest BCUT2D eigenvalue weighted by molar-refractivity contribution is 5.30. The van der Waals surface area contributed by atoms with Gasteiger partial charge in [-0.15, -0.1) is 0 Å². The highest BCUT2D eigenvalue weighted by atomic mass is 16.5. The minimum Gasteiger partial charge on any atom is -0.393 e. The van der Waals surface area contributed by atoms with Crippen LogP contribution in [0, 0.1) is 46.3 Å². The van der Waals surface area contributed by atoms with Crippen molar-refractivity contribution in [3.05, 3.63) is 11.6 Å². The van der Waals surface area contributed by atoms with Gasteiger partial charge in [0.15, 0.2) is 0 Å². The maximum absolute atomic E-state index is 11.7. The number of hydrogen-bond acceptors (Lipinski definition) is 5. The predicted molar refractivity (Wildman–Crippen MR) is 123 cm³/mol. The topological polar surface area (TPSA) is 82.0 Å². The molecule has 13 atom stereocenters. The molecule has 5 heteroatoms. The second-order valence-corrected chi connectivity index (χ2v) is 13.1. The average Bonchev–Trinajstić information content (AvgIpc) is 3.16. The van der Waals surface area contributed by atoms with Crippen molar-refractivity contribution in [3.8, 4) is 0 Å². The summed E-state index contributed by atoms with van der Waals surface area (Å²) in [6.07, 6.45) is 7.43. The molecular formula is C27H43NO4. The van der Waals surface area contributed by atoms with Crippen LogP contribution in [0.1, 0.15) is 72.6 Å². The van der Waals surface area contributed by atoms with Crippen molar-refractivity contribution in [1.82, 2.24) is 5.32 Å². The molecule has 1 spiro atoms. The van der Waals surface area contributed by atoms with Gasteiger partial charge in [0.05, 0.1) is 24.4 Å². The Kier molecular flexibility index (Phi) is 4.84. The summed E-state index contributed by atoms with van der Waals surface area (Å²) in [4.78, 5) is 0. The van der Waals surface area contributed by atoms with Crippen LogP contribution >= 0.6 is 0 Å². The zero-order valence-corrected chi connectivity index (χ0v) is 20.3. The third-order valence-electron chi connectivity index (χ3n) is 11.5. The van der Waals surface area contributed by atoms with E-state index < -0.39 is 12.2 Å². The molecule has 5 nitrogen and oxygen atoms in total. The molecule has 5 unspecified atom stereocenters. The summed E-state index contributed by atoms with van der Waals surface area (Å²) in [5, 5.41) is 37.2. The van der Waals surface area contributed by atoms with Crippen LogP contribution in [-0.2, 0) is 4.74 Å². The smallest absolute Gasteiger partial charge is 0.122 e. The van der Waals surface area contributed by atoms with Crippen molar-refractivity contribution in [3.63, 3.8) is 0 Å². The van der Waals surface area contributed by atoms with E-state index in [1.807, 2.05) is 0 Å². The van der Waals surface area contributed by atoms with Gasteiger partial charge in [0, 0.05) is 12.5 Å². The Labute approximate surface area is 193 Å². The van der Waals surface area contributed by atoms with E-state index in [2.05, 4.69) is 39.1 Å². The van der Waals surface area contributed by atoms with E-state index >= 15 is 0 Å². The molecule has 180 valence electrons. The predicted octanol–water partition coefficient (Wildman–Crippen LogP) is 3.23. The first-order valence-electron chi connectivity index (χ1n) is 13.3. The summed E-state index contributed by atoms with van der Waals surface area (Å²) < 4.78 is 6.90. The number of rotatable bonds is 0. The highest BCUT2D eigenvalue weighted by Crippen LogP contribution is 2.70. The number of aliphatic hydroxyl groups is 3. The van der Waals surface area contributed by atoms with Gasteiger partial charge in [-0.1, -0.05) is 39.3 Å². The zero-order valence-electron chi connectivity index (χ0n) is 20.3. The van der Waals surface area contributed by atoms with E-state index in [9.17, 15) is 15.3 Å². The second kappa shape index (κ2) is 7.04. The maximum Gasteiger partial charge on any atom is 0.122 e. The molecule has 0 radical (unpaired) electrons. The van der Waals surface area contributed by atoms with Crippen molar-refractivity contribution in [1.29, 1.82) is 0 Å². The monoisotopic (exact) mass is 445 g/mol. The Morgan fingerprint density at radius 2 is 1.84 bits per heavy atom. The molecule has 0 amide bonds. The summed E-state index contributed by atoms with van der Waals surface area (Å²) in [5.41, 5.74) is 0.836. The first-order chi connectivity index (χ1) is 15.1. The molecule has 2 aliphatic heterocycles. The maximum atomic E-state index is 11.7. The summed E-state index contributed by atoms with van der Waals surface area (Å²) in [7, 11) is 0. The van der Waals surface area contributed by atoms with Gasteiger partial charge >= 0.3 is 0 Å². The summed E-state index contributed by atoms with van der Waals surface area (Å²) >= 11 is 0. The Balaban J connectivity index is 1.34. The minimum absolute atomic E-state index is 0.0181. The van der Waals surface area contributed by atoms with Crippen LogP contribution in [0.15, 0.2) is 11.6 Å². The van der Waals surface area contributed by atoms with Gasteiger partial charge in [-0.2, -0.15) is 0 Å². The van der Waals surface area contributed by atoms with E-state index in [1.165, 1.54) is 12.0 Å². The van der Waals surface area contributed by atoms with Crippen molar-refractivity contribution >= 4 is 0 Å². The molecule has 0 bridgehead atoms. The largest absolute Gasteiger partial charge is 0.393 e. The van der Waals surface area contributed by atoms with Gasteiger partial charge < -0.3 is 20.1 Å². The van der Waals surface area contributed by atoms with Crippen LogP contribution in [0.25, 0.3) is 0 Å². The Morgan fingerprint density at radius 1 is 1.06 bits per heavy atom. The molecule has 4 aliphatic carbocycles. The molecule has 32 heavy (non-hydrogen) atoms. The summed E-state index contributed by atoms with van der Waals surface area (Å²) in [6.45, 7) is 10.4. The molecule has 5 fully saturated rings. The average molecular weight is 446 g/mol. The molecule has 3 saturated carbocycles. The lowest BCUT2D eigenvalue weighted by Crippen LogP contribution is -2.61. The lowest BCUT2D eigenvalue weighted by atomic mass is 9.45. The number of hydrogen-bond donors (Lipinski definition) is 4.